The van der Waals surface area contributed by atoms with Gasteiger partial charge in [0.1, 0.15) is 5.76 Å². The predicted molar refractivity (Wildman–Crippen MR) is 91.5 cm³/mol. The van der Waals surface area contributed by atoms with E-state index in [1.165, 1.54) is 0 Å². The minimum atomic E-state index is -0.198. The summed E-state index contributed by atoms with van der Waals surface area (Å²) < 4.78 is 5.18. The van der Waals surface area contributed by atoms with Gasteiger partial charge in [-0.15, -0.1) is 0 Å². The van der Waals surface area contributed by atoms with Crippen LogP contribution in [0, 0.1) is 0 Å². The normalized spacial score (nSPS) is 10.2. The lowest BCUT2D eigenvalue weighted by atomic mass is 10.1. The van der Waals surface area contributed by atoms with Crippen molar-refractivity contribution in [1.29, 1.82) is 0 Å². The summed E-state index contributed by atoms with van der Waals surface area (Å²) in [7, 11) is 0. The number of furan rings is 1. The molecule has 0 saturated carbocycles. The summed E-state index contributed by atoms with van der Waals surface area (Å²) in [6.45, 7) is 3.45. The molecule has 0 fully saturated rings. The minimum Gasteiger partial charge on any atom is -0.467 e. The van der Waals surface area contributed by atoms with Gasteiger partial charge in [0.15, 0.2) is 0 Å². The second-order valence-corrected chi connectivity index (χ2v) is 5.43. The van der Waals surface area contributed by atoms with E-state index in [4.69, 9.17) is 4.42 Å². The maximum absolute atomic E-state index is 12.2. The molecule has 0 radical (unpaired) electrons. The zero-order valence-electron chi connectivity index (χ0n) is 13.8. The number of carbonyl (C=O) groups is 2. The van der Waals surface area contributed by atoms with Crippen molar-refractivity contribution < 1.29 is 14.0 Å². The van der Waals surface area contributed by atoms with Crippen molar-refractivity contribution in [2.24, 2.45) is 0 Å². The van der Waals surface area contributed by atoms with Gasteiger partial charge in [0.2, 0.25) is 0 Å². The van der Waals surface area contributed by atoms with Crippen molar-refractivity contribution in [2.75, 3.05) is 6.54 Å². The molecule has 0 saturated heterocycles. The number of amides is 3. The summed E-state index contributed by atoms with van der Waals surface area (Å²) >= 11 is 0. The van der Waals surface area contributed by atoms with Gasteiger partial charge in [-0.1, -0.05) is 25.5 Å². The Morgan fingerprint density at radius 3 is 2.67 bits per heavy atom. The Hall–Kier alpha value is -2.76. The highest BCUT2D eigenvalue weighted by atomic mass is 16.3. The molecule has 2 rings (SSSR count). The van der Waals surface area contributed by atoms with E-state index in [0.717, 1.165) is 18.4 Å². The van der Waals surface area contributed by atoms with Gasteiger partial charge >= 0.3 is 6.03 Å². The van der Waals surface area contributed by atoms with Crippen LogP contribution in [-0.4, -0.2) is 18.5 Å². The van der Waals surface area contributed by atoms with Crippen LogP contribution in [0.3, 0.4) is 0 Å². The summed E-state index contributed by atoms with van der Waals surface area (Å²) in [5.41, 5.74) is 1.42. The van der Waals surface area contributed by atoms with E-state index >= 15 is 0 Å². The average Bonchev–Trinajstić information content (AvgIpc) is 3.12. The van der Waals surface area contributed by atoms with Crippen LogP contribution in [0.4, 0.5) is 4.79 Å². The Bertz CT molecular complexity index is 653. The zero-order valence-corrected chi connectivity index (χ0v) is 13.8. The number of hydrogen-bond donors (Lipinski definition) is 3. The molecule has 3 N–H and O–H groups in total. The van der Waals surface area contributed by atoms with Gasteiger partial charge in [0.25, 0.3) is 5.91 Å². The van der Waals surface area contributed by atoms with Crippen LogP contribution >= 0.6 is 0 Å². The van der Waals surface area contributed by atoms with Gasteiger partial charge < -0.3 is 20.4 Å². The molecule has 1 heterocycles. The Balaban J connectivity index is 1.81. The van der Waals surface area contributed by atoms with Crippen molar-refractivity contribution in [3.05, 3.63) is 59.5 Å². The van der Waals surface area contributed by atoms with Crippen molar-refractivity contribution >= 4 is 11.9 Å². The third kappa shape index (κ3) is 5.79. The fourth-order valence-corrected chi connectivity index (χ4v) is 2.13. The van der Waals surface area contributed by atoms with Gasteiger partial charge in [0, 0.05) is 18.7 Å². The molecule has 3 amide bonds. The van der Waals surface area contributed by atoms with Crippen LogP contribution in [0.15, 0.2) is 47.1 Å². The maximum Gasteiger partial charge on any atom is 0.315 e. The van der Waals surface area contributed by atoms with Crippen LogP contribution < -0.4 is 16.0 Å². The van der Waals surface area contributed by atoms with Crippen LogP contribution in [0.5, 0.6) is 0 Å². The van der Waals surface area contributed by atoms with Crippen LogP contribution in [-0.2, 0) is 13.1 Å². The predicted octanol–water partition coefficient (Wildman–Crippen LogP) is 2.81. The number of benzene rings is 1. The monoisotopic (exact) mass is 329 g/mol. The number of unbranched alkanes of at least 4 members (excludes halogenated alkanes) is 1. The first kappa shape index (κ1) is 17.6. The van der Waals surface area contributed by atoms with Gasteiger partial charge in [-0.25, -0.2) is 4.79 Å². The molecule has 2 aromatic rings. The Morgan fingerprint density at radius 1 is 1.04 bits per heavy atom. The highest BCUT2D eigenvalue weighted by Crippen LogP contribution is 2.06. The molecule has 128 valence electrons. The first-order chi connectivity index (χ1) is 11.7. The Labute approximate surface area is 141 Å². The second-order valence-electron chi connectivity index (χ2n) is 5.43. The summed E-state index contributed by atoms with van der Waals surface area (Å²) in [6.07, 6.45) is 3.56. The molecule has 6 nitrogen and oxygen atoms in total. The van der Waals surface area contributed by atoms with E-state index in [9.17, 15) is 9.59 Å². The highest BCUT2D eigenvalue weighted by molar-refractivity contribution is 5.94. The summed E-state index contributed by atoms with van der Waals surface area (Å²) in [5.74, 6) is 0.519. The van der Waals surface area contributed by atoms with Crippen molar-refractivity contribution in [3.8, 4) is 0 Å². The van der Waals surface area contributed by atoms with Gasteiger partial charge in [-0.2, -0.15) is 0 Å². The third-order valence-electron chi connectivity index (χ3n) is 3.46. The summed E-state index contributed by atoms with van der Waals surface area (Å²) in [5, 5.41) is 8.36. The molecule has 6 heteroatoms. The Kier molecular flexibility index (Phi) is 6.89. The smallest absolute Gasteiger partial charge is 0.315 e. The summed E-state index contributed by atoms with van der Waals surface area (Å²) in [6, 6.07) is 10.6. The molecule has 0 aliphatic rings. The number of nitrogens with one attached hydrogen (secondary N) is 3. The lowest BCUT2D eigenvalue weighted by molar-refractivity contribution is 0.0948. The standard InChI is InChI=1S/C18H23N3O3/c1-2-3-9-19-18(23)21-12-14-6-4-7-15(11-14)17(22)20-13-16-8-5-10-24-16/h4-8,10-11H,2-3,9,12-13H2,1H3,(H,20,22)(H2,19,21,23). The second kappa shape index (κ2) is 9.39. The van der Waals surface area contributed by atoms with Crippen molar-refractivity contribution in [2.45, 2.75) is 32.9 Å². The van der Waals surface area contributed by atoms with Gasteiger partial charge in [-0.3, -0.25) is 4.79 Å². The molecule has 0 atom stereocenters. The molecule has 1 aromatic heterocycles. The van der Waals surface area contributed by atoms with Crippen molar-refractivity contribution in [3.63, 3.8) is 0 Å². The molecule has 1 aromatic carbocycles. The van der Waals surface area contributed by atoms with E-state index < -0.39 is 0 Å². The average molecular weight is 329 g/mol. The molecular weight excluding hydrogens is 306 g/mol. The first-order valence-electron chi connectivity index (χ1n) is 8.10. The minimum absolute atomic E-state index is 0.180. The van der Waals surface area contributed by atoms with Crippen LogP contribution in [0.2, 0.25) is 0 Å². The SMILES string of the molecule is CCCCNC(=O)NCc1cccc(C(=O)NCc2ccco2)c1. The Morgan fingerprint density at radius 2 is 1.92 bits per heavy atom. The number of hydrogen-bond acceptors (Lipinski definition) is 3. The highest BCUT2D eigenvalue weighted by Gasteiger charge is 2.07. The third-order valence-corrected chi connectivity index (χ3v) is 3.46. The molecule has 0 bridgehead atoms. The maximum atomic E-state index is 12.2. The molecule has 0 spiro atoms. The van der Waals surface area contributed by atoms with E-state index in [2.05, 4.69) is 22.9 Å². The lowest BCUT2D eigenvalue weighted by Crippen LogP contribution is -2.35. The van der Waals surface area contributed by atoms with E-state index in [0.29, 0.717) is 31.0 Å². The topological polar surface area (TPSA) is 83.4 Å². The van der Waals surface area contributed by atoms with Gasteiger partial charge in [0.05, 0.1) is 12.8 Å². The molecule has 0 unspecified atom stereocenters. The van der Waals surface area contributed by atoms with Gasteiger partial charge in [-0.05, 0) is 36.2 Å². The van der Waals surface area contributed by atoms with Crippen molar-refractivity contribution in [1.82, 2.24) is 16.0 Å². The fraction of sp³-hybridized carbons (Fsp3) is 0.333. The molecule has 0 aliphatic carbocycles. The molecular formula is C18H23N3O3. The van der Waals surface area contributed by atoms with E-state index in [1.807, 2.05) is 6.07 Å². The number of rotatable bonds is 8. The quantitative estimate of drug-likeness (QED) is 0.651. The fourth-order valence-electron chi connectivity index (χ4n) is 2.13. The first-order valence-corrected chi connectivity index (χ1v) is 8.10. The van der Waals surface area contributed by atoms with Crippen LogP contribution in [0.25, 0.3) is 0 Å². The number of carbonyl (C=O) groups excluding carboxylic acids is 2. The zero-order chi connectivity index (χ0) is 17.2. The lowest BCUT2D eigenvalue weighted by Gasteiger charge is -2.09. The van der Waals surface area contributed by atoms with E-state index in [-0.39, 0.29) is 11.9 Å². The molecule has 0 aliphatic heterocycles. The largest absolute Gasteiger partial charge is 0.467 e. The summed E-state index contributed by atoms with van der Waals surface area (Å²) in [4.78, 5) is 23.8. The van der Waals surface area contributed by atoms with E-state index in [1.54, 1.807) is 36.6 Å². The van der Waals surface area contributed by atoms with Crippen LogP contribution in [0.1, 0.15) is 41.4 Å². The number of urea groups is 1. The molecule has 24 heavy (non-hydrogen) atoms.